The first-order chi connectivity index (χ1) is 13.1. The molecule has 4 aliphatic rings. The summed E-state index contributed by atoms with van der Waals surface area (Å²) in [6, 6.07) is 0. The molecule has 3 saturated carbocycles. The molecule has 0 aliphatic heterocycles. The summed E-state index contributed by atoms with van der Waals surface area (Å²) in [5.74, 6) is 0.763. The summed E-state index contributed by atoms with van der Waals surface area (Å²) in [5.41, 5.74) is -0.778. The first kappa shape index (κ1) is 21.3. The highest BCUT2D eigenvalue weighted by molar-refractivity contribution is 5.91. The second-order valence-corrected chi connectivity index (χ2v) is 9.89. The van der Waals surface area contributed by atoms with Crippen LogP contribution < -0.4 is 0 Å². The minimum Gasteiger partial charge on any atom is -0.393 e. The SMILES string of the molecule is C#C.CC(=O)[C@@]1(O)CCCC2C3CCC4=CC(=O)CCC4(C)C3C(O)CC21C. The fourth-order valence-corrected chi connectivity index (χ4v) is 7.48. The first-order valence-corrected chi connectivity index (χ1v) is 10.6. The van der Waals surface area contributed by atoms with Crippen molar-refractivity contribution in [3.8, 4) is 12.8 Å². The Balaban J connectivity index is 0.00000109. The molecule has 0 saturated heterocycles. The topological polar surface area (TPSA) is 74.6 Å². The number of aliphatic hydroxyl groups excluding tert-OH is 1. The number of carbonyl (C=O) groups excluding carboxylic acids is 2. The minimum atomic E-state index is -1.32. The number of hydrogen-bond donors (Lipinski definition) is 2. The Hall–Kier alpha value is -1.44. The summed E-state index contributed by atoms with van der Waals surface area (Å²) in [5, 5.41) is 22.6. The molecule has 0 spiro atoms. The Morgan fingerprint density at radius 1 is 1.18 bits per heavy atom. The van der Waals surface area contributed by atoms with Crippen molar-refractivity contribution in [1.29, 1.82) is 0 Å². The van der Waals surface area contributed by atoms with E-state index in [0.29, 0.717) is 25.2 Å². The van der Waals surface area contributed by atoms with Crippen LogP contribution in [0.3, 0.4) is 0 Å². The van der Waals surface area contributed by atoms with Crippen molar-refractivity contribution in [2.24, 2.45) is 28.6 Å². The largest absolute Gasteiger partial charge is 0.393 e. The van der Waals surface area contributed by atoms with Crippen LogP contribution >= 0.6 is 0 Å². The summed E-state index contributed by atoms with van der Waals surface area (Å²) in [6.07, 6.45) is 15.4. The molecule has 0 bridgehead atoms. The molecule has 0 heterocycles. The Bertz CT molecular complexity index is 721. The molecule has 0 amide bonds. The predicted octanol–water partition coefficient (Wildman–Crippen LogP) is 3.45. The highest BCUT2D eigenvalue weighted by atomic mass is 16.3. The molecule has 0 aromatic rings. The van der Waals surface area contributed by atoms with E-state index in [2.05, 4.69) is 19.8 Å². The number of aliphatic hydroxyl groups is 2. The standard InChI is InChI=1S/C22H32O4.C2H2/c1-13(23)22(26)9-4-5-17-16-7-6-14-11-15(24)8-10-20(14,2)19(16)18(25)12-21(17,22)3;1-2/h11,16-19,25-26H,4-10,12H2,1-3H3;1-2H/t16?,17?,18?,19?,20?,21?,22-;/m0./s1. The van der Waals surface area contributed by atoms with E-state index in [1.807, 2.05) is 13.0 Å². The van der Waals surface area contributed by atoms with Gasteiger partial charge in [-0.2, -0.15) is 0 Å². The molecule has 4 rings (SSSR count). The Morgan fingerprint density at radius 2 is 1.86 bits per heavy atom. The zero-order chi connectivity index (χ0) is 20.9. The van der Waals surface area contributed by atoms with Crippen LogP contribution in [0.25, 0.3) is 0 Å². The second-order valence-electron chi connectivity index (χ2n) is 9.89. The molecule has 4 aliphatic carbocycles. The van der Waals surface area contributed by atoms with Gasteiger partial charge in [0.25, 0.3) is 0 Å². The van der Waals surface area contributed by atoms with Gasteiger partial charge in [-0.3, -0.25) is 9.59 Å². The Morgan fingerprint density at radius 3 is 2.50 bits per heavy atom. The number of rotatable bonds is 1. The average Bonchev–Trinajstić information content (AvgIpc) is 2.64. The molecule has 2 N–H and O–H groups in total. The molecule has 4 nitrogen and oxygen atoms in total. The van der Waals surface area contributed by atoms with Gasteiger partial charge in [0.15, 0.2) is 11.6 Å². The third kappa shape index (κ3) is 2.74. The molecule has 0 aromatic heterocycles. The average molecular weight is 387 g/mol. The zero-order valence-corrected chi connectivity index (χ0v) is 17.4. The first-order valence-electron chi connectivity index (χ1n) is 10.6. The van der Waals surface area contributed by atoms with E-state index in [-0.39, 0.29) is 28.8 Å². The summed E-state index contributed by atoms with van der Waals surface area (Å²) in [7, 11) is 0. The number of terminal acetylenes is 1. The smallest absolute Gasteiger partial charge is 0.161 e. The van der Waals surface area contributed by atoms with Crippen molar-refractivity contribution in [3.05, 3.63) is 11.6 Å². The van der Waals surface area contributed by atoms with Gasteiger partial charge in [-0.1, -0.05) is 19.4 Å². The Labute approximate surface area is 168 Å². The van der Waals surface area contributed by atoms with Gasteiger partial charge in [0.2, 0.25) is 0 Å². The molecule has 3 fully saturated rings. The second kappa shape index (κ2) is 7.11. The maximum absolute atomic E-state index is 12.4. The van der Waals surface area contributed by atoms with E-state index in [0.717, 1.165) is 32.1 Å². The van der Waals surface area contributed by atoms with Gasteiger partial charge in [0.05, 0.1) is 6.10 Å². The van der Waals surface area contributed by atoms with Crippen molar-refractivity contribution >= 4 is 11.6 Å². The van der Waals surface area contributed by atoms with E-state index in [1.54, 1.807) is 0 Å². The quantitative estimate of drug-likeness (QED) is 0.677. The van der Waals surface area contributed by atoms with Crippen molar-refractivity contribution in [2.75, 3.05) is 0 Å². The fourth-order valence-electron chi connectivity index (χ4n) is 7.48. The maximum atomic E-state index is 12.4. The van der Waals surface area contributed by atoms with E-state index >= 15 is 0 Å². The number of hydrogen-bond acceptors (Lipinski definition) is 4. The number of fused-ring (bicyclic) bond motifs is 5. The van der Waals surface area contributed by atoms with Crippen molar-refractivity contribution in [2.45, 2.75) is 83.8 Å². The van der Waals surface area contributed by atoms with Gasteiger partial charge < -0.3 is 10.2 Å². The van der Waals surface area contributed by atoms with E-state index in [4.69, 9.17) is 0 Å². The van der Waals surface area contributed by atoms with Crippen LogP contribution in [0.4, 0.5) is 0 Å². The molecule has 28 heavy (non-hydrogen) atoms. The van der Waals surface area contributed by atoms with Crippen LogP contribution in [0.5, 0.6) is 0 Å². The van der Waals surface area contributed by atoms with Crippen LogP contribution in [-0.4, -0.2) is 33.5 Å². The molecular formula is C24H34O4. The van der Waals surface area contributed by atoms with Crippen LogP contribution in [0.2, 0.25) is 0 Å². The molecule has 0 radical (unpaired) electrons. The third-order valence-electron chi connectivity index (χ3n) is 8.87. The van der Waals surface area contributed by atoms with Gasteiger partial charge in [-0.25, -0.2) is 0 Å². The highest BCUT2D eigenvalue weighted by Gasteiger charge is 2.65. The number of carbonyl (C=O) groups is 2. The van der Waals surface area contributed by atoms with Gasteiger partial charge in [-0.15, -0.1) is 12.8 Å². The number of ketones is 2. The lowest BCUT2D eigenvalue weighted by Gasteiger charge is -2.64. The van der Waals surface area contributed by atoms with Gasteiger partial charge in [-0.05, 0) is 81.1 Å². The highest BCUT2D eigenvalue weighted by Crippen LogP contribution is 2.66. The summed E-state index contributed by atoms with van der Waals surface area (Å²) < 4.78 is 0. The molecule has 7 atom stereocenters. The van der Waals surface area contributed by atoms with Crippen molar-refractivity contribution in [3.63, 3.8) is 0 Å². The van der Waals surface area contributed by atoms with Crippen LogP contribution in [0, 0.1) is 41.4 Å². The van der Waals surface area contributed by atoms with Crippen molar-refractivity contribution in [1.82, 2.24) is 0 Å². The summed E-state index contributed by atoms with van der Waals surface area (Å²) >= 11 is 0. The summed E-state index contributed by atoms with van der Waals surface area (Å²) in [6.45, 7) is 5.77. The molecular weight excluding hydrogens is 352 g/mol. The molecule has 154 valence electrons. The molecule has 6 unspecified atom stereocenters. The fraction of sp³-hybridized carbons (Fsp3) is 0.750. The molecule has 0 aromatic carbocycles. The van der Waals surface area contributed by atoms with Crippen molar-refractivity contribution < 1.29 is 19.8 Å². The van der Waals surface area contributed by atoms with Gasteiger partial charge in [0, 0.05) is 11.8 Å². The van der Waals surface area contributed by atoms with E-state index in [1.165, 1.54) is 12.5 Å². The lowest BCUT2D eigenvalue weighted by Crippen LogP contribution is -2.66. The Kier molecular flexibility index (Phi) is 5.40. The monoisotopic (exact) mass is 386 g/mol. The van der Waals surface area contributed by atoms with Crippen LogP contribution in [0.15, 0.2) is 11.6 Å². The normalized spacial score (nSPS) is 47.4. The summed E-state index contributed by atoms with van der Waals surface area (Å²) in [4.78, 5) is 24.3. The minimum absolute atomic E-state index is 0.122. The lowest BCUT2D eigenvalue weighted by molar-refractivity contribution is -0.216. The molecule has 4 heteroatoms. The maximum Gasteiger partial charge on any atom is 0.161 e. The lowest BCUT2D eigenvalue weighted by atomic mass is 9.41. The van der Waals surface area contributed by atoms with E-state index < -0.39 is 17.1 Å². The number of Topliss-reactive ketones (excluding diaryl/α,β-unsaturated/α-hetero) is 1. The van der Waals surface area contributed by atoms with Gasteiger partial charge >= 0.3 is 0 Å². The number of allylic oxidation sites excluding steroid dienone is 2. The third-order valence-corrected chi connectivity index (χ3v) is 8.87. The predicted molar refractivity (Wildman–Crippen MR) is 108 cm³/mol. The van der Waals surface area contributed by atoms with Crippen LogP contribution in [-0.2, 0) is 9.59 Å². The zero-order valence-electron chi connectivity index (χ0n) is 17.4. The van der Waals surface area contributed by atoms with Crippen LogP contribution in [0.1, 0.15) is 72.1 Å². The van der Waals surface area contributed by atoms with E-state index in [9.17, 15) is 19.8 Å². The van der Waals surface area contributed by atoms with Gasteiger partial charge in [0.1, 0.15) is 5.60 Å².